The Morgan fingerprint density at radius 3 is 1.74 bits per heavy atom. The van der Waals surface area contributed by atoms with Crippen molar-refractivity contribution in [1.29, 1.82) is 0 Å². The van der Waals surface area contributed by atoms with Crippen LogP contribution in [0.15, 0.2) is 0 Å². The van der Waals surface area contributed by atoms with Gasteiger partial charge in [0.05, 0.1) is 6.04 Å². The molecule has 0 rings (SSSR count). The molecule has 0 aliphatic heterocycles. The molecule has 0 aromatic heterocycles. The number of carboxylic acids is 1. The van der Waals surface area contributed by atoms with Crippen LogP contribution in [-0.4, -0.2) is 89.4 Å². The first kappa shape index (κ1) is 33.0. The van der Waals surface area contributed by atoms with Crippen LogP contribution in [0.25, 0.3) is 0 Å². The van der Waals surface area contributed by atoms with E-state index in [-0.39, 0.29) is 25.7 Å². The molecule has 0 aliphatic rings. The molecule has 14 heteroatoms. The van der Waals surface area contributed by atoms with Crippen molar-refractivity contribution in [3.05, 3.63) is 0 Å². The summed E-state index contributed by atoms with van der Waals surface area (Å²) < 4.78 is 0. The van der Waals surface area contributed by atoms with Gasteiger partial charge < -0.3 is 38.3 Å². The van der Waals surface area contributed by atoms with Gasteiger partial charge in [0.1, 0.15) is 18.1 Å². The van der Waals surface area contributed by atoms with E-state index < -0.39 is 53.8 Å². The Morgan fingerprint density at radius 1 is 0.771 bits per heavy atom. The van der Waals surface area contributed by atoms with Gasteiger partial charge in [-0.3, -0.25) is 19.2 Å². The summed E-state index contributed by atoms with van der Waals surface area (Å²) in [5.74, 6) is -2.71. The second kappa shape index (κ2) is 19.2. The third-order valence-electron chi connectivity index (χ3n) is 5.09. The minimum Gasteiger partial charge on any atom is -0.480 e. The second-order valence-corrected chi connectivity index (χ2v) is 9.95. The first-order chi connectivity index (χ1) is 16.6. The smallest absolute Gasteiger partial charge is 0.326 e. The summed E-state index contributed by atoms with van der Waals surface area (Å²) in [4.78, 5) is 61.1. The lowest BCUT2D eigenvalue weighted by molar-refractivity contribution is -0.142. The Morgan fingerprint density at radius 2 is 1.26 bits per heavy atom. The van der Waals surface area contributed by atoms with Crippen molar-refractivity contribution in [3.8, 4) is 0 Å². The highest BCUT2D eigenvalue weighted by molar-refractivity contribution is 7.98. The lowest BCUT2D eigenvalue weighted by Gasteiger charge is -2.25. The molecule has 0 aromatic carbocycles. The Kier molecular flexibility index (Phi) is 18.1. The first-order valence-corrected chi connectivity index (χ1v) is 14.2. The molecule has 10 N–H and O–H groups in total. The number of thioether (sulfide) groups is 2. The van der Waals surface area contributed by atoms with E-state index in [9.17, 15) is 29.1 Å². The number of carbonyl (C=O) groups excluding carboxylic acids is 4. The van der Waals surface area contributed by atoms with Crippen LogP contribution in [0.3, 0.4) is 0 Å². The lowest BCUT2D eigenvalue weighted by Crippen LogP contribution is -2.57. The minimum absolute atomic E-state index is 0.121. The van der Waals surface area contributed by atoms with Crippen LogP contribution in [0.4, 0.5) is 0 Å². The molecule has 0 spiro atoms. The van der Waals surface area contributed by atoms with Gasteiger partial charge in [-0.1, -0.05) is 6.42 Å². The van der Waals surface area contributed by atoms with Crippen molar-refractivity contribution >= 4 is 53.1 Å². The fourth-order valence-corrected chi connectivity index (χ4v) is 3.96. The third-order valence-corrected chi connectivity index (χ3v) is 6.38. The third kappa shape index (κ3) is 14.9. The Hall–Kier alpha value is -2.03. The van der Waals surface area contributed by atoms with Gasteiger partial charge in [-0.2, -0.15) is 23.5 Å². The van der Waals surface area contributed by atoms with Gasteiger partial charge in [-0.25, -0.2) is 4.79 Å². The van der Waals surface area contributed by atoms with Crippen molar-refractivity contribution in [3.63, 3.8) is 0 Å². The molecular weight excluding hydrogens is 496 g/mol. The Bertz CT molecular complexity index is 699. The van der Waals surface area contributed by atoms with Crippen molar-refractivity contribution in [1.82, 2.24) is 16.0 Å². The van der Waals surface area contributed by atoms with Crippen molar-refractivity contribution in [2.75, 3.05) is 30.6 Å². The molecule has 4 unspecified atom stereocenters. The predicted molar refractivity (Wildman–Crippen MR) is 139 cm³/mol. The van der Waals surface area contributed by atoms with Gasteiger partial charge in [-0.15, -0.1) is 0 Å². The molecule has 0 aromatic rings. The molecule has 0 saturated carbocycles. The number of unbranched alkanes of at least 4 members (excludes halogenated alkanes) is 1. The minimum atomic E-state index is -1.21. The standard InChI is InChI=1S/C21H40N6O6S2/c1-34-11-8-15(25-18(29)13(23)5-3-4-10-22)20(31)26-14(6-7-17(24)28)19(30)27-16(21(32)33)9-12-35-2/h13-16H,3-12,22-23H2,1-2H3,(H2,24,28)(H,25,29)(H,26,31)(H,27,30)(H,32,33). The highest BCUT2D eigenvalue weighted by atomic mass is 32.2. The van der Waals surface area contributed by atoms with E-state index >= 15 is 0 Å². The van der Waals surface area contributed by atoms with Crippen LogP contribution in [0.5, 0.6) is 0 Å². The van der Waals surface area contributed by atoms with Gasteiger partial charge in [0, 0.05) is 6.42 Å². The quantitative estimate of drug-likeness (QED) is 0.0916. The molecule has 0 radical (unpaired) electrons. The number of primary amides is 1. The predicted octanol–water partition coefficient (Wildman–Crippen LogP) is -1.25. The molecule has 4 amide bonds. The van der Waals surface area contributed by atoms with Crippen molar-refractivity contribution < 1.29 is 29.1 Å². The Labute approximate surface area is 215 Å². The van der Waals surface area contributed by atoms with E-state index in [0.717, 1.165) is 6.42 Å². The number of carboxylic acid groups (broad SMARTS) is 1. The van der Waals surface area contributed by atoms with E-state index in [1.54, 1.807) is 0 Å². The normalized spacial score (nSPS) is 14.3. The topological polar surface area (TPSA) is 220 Å². The fraction of sp³-hybridized carbons (Fsp3) is 0.762. The van der Waals surface area contributed by atoms with Crippen molar-refractivity contribution in [2.45, 2.75) is 69.1 Å². The van der Waals surface area contributed by atoms with Gasteiger partial charge >= 0.3 is 5.97 Å². The maximum atomic E-state index is 13.0. The first-order valence-electron chi connectivity index (χ1n) is 11.4. The highest BCUT2D eigenvalue weighted by Gasteiger charge is 2.30. The van der Waals surface area contributed by atoms with E-state index in [4.69, 9.17) is 17.2 Å². The van der Waals surface area contributed by atoms with Gasteiger partial charge in [0.25, 0.3) is 0 Å². The van der Waals surface area contributed by atoms with E-state index in [0.29, 0.717) is 30.9 Å². The maximum Gasteiger partial charge on any atom is 0.326 e. The number of nitrogens with one attached hydrogen (secondary N) is 3. The number of nitrogens with two attached hydrogens (primary N) is 3. The van der Waals surface area contributed by atoms with Crippen molar-refractivity contribution in [2.24, 2.45) is 17.2 Å². The van der Waals surface area contributed by atoms with Crippen LogP contribution in [-0.2, 0) is 24.0 Å². The number of amides is 4. The fourth-order valence-electron chi connectivity index (χ4n) is 3.02. The number of carbonyl (C=O) groups is 5. The summed E-state index contributed by atoms with van der Waals surface area (Å²) in [7, 11) is 0. The summed E-state index contributed by atoms with van der Waals surface area (Å²) in [5.41, 5.74) is 16.6. The number of aliphatic carboxylic acids is 1. The number of hydrogen-bond acceptors (Lipinski definition) is 9. The summed E-state index contributed by atoms with van der Waals surface area (Å²) in [6.07, 6.45) is 5.61. The molecular formula is C21H40N6O6S2. The van der Waals surface area contributed by atoms with E-state index in [1.165, 1.54) is 23.5 Å². The van der Waals surface area contributed by atoms with Crippen LogP contribution >= 0.6 is 23.5 Å². The van der Waals surface area contributed by atoms with Gasteiger partial charge in [0.2, 0.25) is 23.6 Å². The van der Waals surface area contributed by atoms with Crippen LogP contribution in [0, 0.1) is 0 Å². The van der Waals surface area contributed by atoms with Gasteiger partial charge in [0.15, 0.2) is 0 Å². The highest BCUT2D eigenvalue weighted by Crippen LogP contribution is 2.07. The van der Waals surface area contributed by atoms with Crippen LogP contribution < -0.4 is 33.2 Å². The van der Waals surface area contributed by atoms with E-state index in [2.05, 4.69) is 16.0 Å². The van der Waals surface area contributed by atoms with E-state index in [1.807, 2.05) is 12.5 Å². The monoisotopic (exact) mass is 536 g/mol. The average molecular weight is 537 g/mol. The Balaban J connectivity index is 5.42. The number of hydrogen-bond donors (Lipinski definition) is 7. The summed E-state index contributed by atoms with van der Waals surface area (Å²) in [5, 5.41) is 17.0. The molecule has 12 nitrogen and oxygen atoms in total. The molecule has 0 heterocycles. The molecule has 0 saturated heterocycles. The zero-order valence-electron chi connectivity index (χ0n) is 20.4. The molecule has 35 heavy (non-hydrogen) atoms. The number of rotatable bonds is 20. The average Bonchev–Trinajstić information content (AvgIpc) is 2.81. The van der Waals surface area contributed by atoms with Crippen LogP contribution in [0.2, 0.25) is 0 Å². The molecule has 202 valence electrons. The summed E-state index contributed by atoms with van der Waals surface area (Å²) in [6, 6.07) is -4.14. The molecule has 4 atom stereocenters. The second-order valence-electron chi connectivity index (χ2n) is 7.98. The lowest BCUT2D eigenvalue weighted by atomic mass is 10.1. The molecule has 0 fully saturated rings. The zero-order valence-corrected chi connectivity index (χ0v) is 22.1. The van der Waals surface area contributed by atoms with Crippen LogP contribution in [0.1, 0.15) is 44.9 Å². The van der Waals surface area contributed by atoms with Gasteiger partial charge in [-0.05, 0) is 62.7 Å². The SMILES string of the molecule is CSCCC(NC(=O)C(CCC(N)=O)NC(=O)C(CCSC)NC(=O)C(N)CCCCN)C(=O)O. The zero-order chi connectivity index (χ0) is 26.8. The molecule has 0 aliphatic carbocycles. The summed E-state index contributed by atoms with van der Waals surface area (Å²) in [6.45, 7) is 0.488. The maximum absolute atomic E-state index is 13.0. The summed E-state index contributed by atoms with van der Waals surface area (Å²) >= 11 is 2.90. The molecule has 0 bridgehead atoms. The largest absolute Gasteiger partial charge is 0.480 e.